The first-order valence-electron chi connectivity index (χ1n) is 10.5. The number of benzene rings is 1. The quantitative estimate of drug-likeness (QED) is 0.284. The SMILES string of the molecule is Cc1cc(C)nc(NC(=NCCc2ccc(S(N)(=O)=O)cc2)NC(=S)NC2CCCC2)n1. The number of aryl methyl sites for hydroxylation is 2. The molecule has 9 nitrogen and oxygen atoms in total. The summed E-state index contributed by atoms with van der Waals surface area (Å²) in [6.07, 6.45) is 5.24. The number of primary sulfonamides is 1. The number of guanidine groups is 1. The van der Waals surface area contributed by atoms with Crippen molar-refractivity contribution in [3.05, 3.63) is 47.3 Å². The van der Waals surface area contributed by atoms with Crippen molar-refractivity contribution >= 4 is 39.3 Å². The highest BCUT2D eigenvalue weighted by Gasteiger charge is 2.16. The van der Waals surface area contributed by atoms with E-state index in [1.165, 1.54) is 25.0 Å². The minimum Gasteiger partial charge on any atom is -0.360 e. The molecule has 0 atom stereocenters. The van der Waals surface area contributed by atoms with Gasteiger partial charge in [-0.25, -0.2) is 23.5 Å². The molecular formula is C21H29N7O2S2. The summed E-state index contributed by atoms with van der Waals surface area (Å²) >= 11 is 5.48. The first-order chi connectivity index (χ1) is 15.2. The zero-order valence-corrected chi connectivity index (χ0v) is 19.9. The van der Waals surface area contributed by atoms with E-state index in [2.05, 4.69) is 30.9 Å². The van der Waals surface area contributed by atoms with Gasteiger partial charge >= 0.3 is 0 Å². The smallest absolute Gasteiger partial charge is 0.238 e. The van der Waals surface area contributed by atoms with Gasteiger partial charge in [-0.15, -0.1) is 0 Å². The molecule has 1 heterocycles. The molecule has 0 unspecified atom stereocenters. The molecule has 0 saturated heterocycles. The van der Waals surface area contributed by atoms with Crippen LogP contribution in [0.5, 0.6) is 0 Å². The fourth-order valence-electron chi connectivity index (χ4n) is 3.54. The van der Waals surface area contributed by atoms with Crippen LogP contribution in [0.15, 0.2) is 40.2 Å². The van der Waals surface area contributed by atoms with Gasteiger partial charge in [0.25, 0.3) is 0 Å². The number of hydrogen-bond donors (Lipinski definition) is 4. The Morgan fingerprint density at radius 2 is 1.78 bits per heavy atom. The third-order valence-corrected chi connectivity index (χ3v) is 6.21. The van der Waals surface area contributed by atoms with Gasteiger partial charge in [0, 0.05) is 24.0 Å². The van der Waals surface area contributed by atoms with E-state index < -0.39 is 10.0 Å². The van der Waals surface area contributed by atoms with Crippen LogP contribution in [0.25, 0.3) is 0 Å². The van der Waals surface area contributed by atoms with Crippen LogP contribution >= 0.6 is 12.2 Å². The maximum Gasteiger partial charge on any atom is 0.238 e. The topological polar surface area (TPSA) is 134 Å². The number of nitrogens with one attached hydrogen (secondary N) is 3. The maximum atomic E-state index is 11.4. The first-order valence-corrected chi connectivity index (χ1v) is 12.5. The van der Waals surface area contributed by atoms with Crippen LogP contribution < -0.4 is 21.1 Å². The zero-order chi connectivity index (χ0) is 23.1. The molecule has 11 heteroatoms. The molecule has 1 saturated carbocycles. The standard InChI is InChI=1S/C21H29N7O2S2/c1-14-13-15(2)25-20(24-14)27-19(28-21(31)26-17-5-3-4-6-17)23-12-11-16-7-9-18(10-8-16)32(22,29)30/h7-10,13,17H,3-6,11-12H2,1-2H3,(H2,22,29,30)(H3,23,24,25,26,27,28,31). The summed E-state index contributed by atoms with van der Waals surface area (Å²) in [5.74, 6) is 0.890. The number of hydrogen-bond acceptors (Lipinski definition) is 6. The summed E-state index contributed by atoms with van der Waals surface area (Å²) in [6.45, 7) is 4.25. The molecule has 1 aromatic carbocycles. The summed E-state index contributed by atoms with van der Waals surface area (Å²) in [5, 5.41) is 15.2. The molecule has 32 heavy (non-hydrogen) atoms. The van der Waals surface area contributed by atoms with Crippen LogP contribution in [0.3, 0.4) is 0 Å². The van der Waals surface area contributed by atoms with Crippen LogP contribution in [0.4, 0.5) is 5.95 Å². The van der Waals surface area contributed by atoms with Crippen molar-refractivity contribution in [1.82, 2.24) is 20.6 Å². The van der Waals surface area contributed by atoms with Crippen molar-refractivity contribution in [2.45, 2.75) is 56.9 Å². The summed E-state index contributed by atoms with van der Waals surface area (Å²) in [5.41, 5.74) is 2.64. The molecule has 172 valence electrons. The molecule has 0 aliphatic heterocycles. The molecule has 0 spiro atoms. The number of nitrogens with two attached hydrogens (primary N) is 1. The van der Waals surface area contributed by atoms with Crippen LogP contribution in [0.1, 0.15) is 42.6 Å². The van der Waals surface area contributed by atoms with Gasteiger partial charge in [0.15, 0.2) is 5.11 Å². The van der Waals surface area contributed by atoms with Gasteiger partial charge in [0.1, 0.15) is 0 Å². The third-order valence-electron chi connectivity index (χ3n) is 5.06. The van der Waals surface area contributed by atoms with E-state index in [9.17, 15) is 8.42 Å². The van der Waals surface area contributed by atoms with Crippen molar-refractivity contribution in [3.63, 3.8) is 0 Å². The fourth-order valence-corrected chi connectivity index (χ4v) is 4.32. The van der Waals surface area contributed by atoms with Crippen LogP contribution in [-0.2, 0) is 16.4 Å². The van der Waals surface area contributed by atoms with Crippen molar-refractivity contribution in [2.24, 2.45) is 10.1 Å². The second-order valence-corrected chi connectivity index (χ2v) is 9.82. The highest BCUT2D eigenvalue weighted by Crippen LogP contribution is 2.17. The molecule has 0 radical (unpaired) electrons. The van der Waals surface area contributed by atoms with E-state index in [-0.39, 0.29) is 4.90 Å². The predicted octanol–water partition coefficient (Wildman–Crippen LogP) is 2.16. The van der Waals surface area contributed by atoms with Crippen molar-refractivity contribution in [1.29, 1.82) is 0 Å². The van der Waals surface area contributed by atoms with Crippen LogP contribution in [0, 0.1) is 13.8 Å². The molecule has 1 aromatic heterocycles. The molecule has 5 N–H and O–H groups in total. The van der Waals surface area contributed by atoms with Gasteiger partial charge in [-0.1, -0.05) is 25.0 Å². The van der Waals surface area contributed by atoms with E-state index in [1.54, 1.807) is 12.1 Å². The van der Waals surface area contributed by atoms with Crippen molar-refractivity contribution in [3.8, 4) is 0 Å². The lowest BCUT2D eigenvalue weighted by Crippen LogP contribution is -2.46. The second kappa shape index (κ2) is 10.8. The Morgan fingerprint density at radius 1 is 1.16 bits per heavy atom. The maximum absolute atomic E-state index is 11.4. The van der Waals surface area contributed by atoms with E-state index >= 15 is 0 Å². The lowest BCUT2D eigenvalue weighted by molar-refractivity contribution is 0.598. The summed E-state index contributed by atoms with van der Waals surface area (Å²) < 4.78 is 22.8. The lowest BCUT2D eigenvalue weighted by atomic mass is 10.1. The average molecular weight is 476 g/mol. The average Bonchev–Trinajstić information content (AvgIpc) is 3.19. The van der Waals surface area contributed by atoms with Gasteiger partial charge in [-0.05, 0) is 69.1 Å². The molecule has 2 aromatic rings. The minimum atomic E-state index is -3.70. The van der Waals surface area contributed by atoms with Crippen molar-refractivity contribution < 1.29 is 8.42 Å². The van der Waals surface area contributed by atoms with E-state index in [0.717, 1.165) is 29.8 Å². The Morgan fingerprint density at radius 3 is 2.38 bits per heavy atom. The number of anilines is 1. The number of sulfonamides is 1. The number of aromatic nitrogens is 2. The normalized spacial score (nSPS) is 14.9. The minimum absolute atomic E-state index is 0.0871. The molecule has 1 aliphatic carbocycles. The number of rotatable bonds is 6. The molecule has 1 fully saturated rings. The molecule has 3 rings (SSSR count). The van der Waals surface area contributed by atoms with E-state index in [0.29, 0.717) is 36.0 Å². The number of aliphatic imine (C=N–C) groups is 1. The van der Waals surface area contributed by atoms with Crippen molar-refractivity contribution in [2.75, 3.05) is 11.9 Å². The van der Waals surface area contributed by atoms with E-state index in [1.807, 2.05) is 19.9 Å². The molecule has 1 aliphatic rings. The monoisotopic (exact) mass is 475 g/mol. The predicted molar refractivity (Wildman–Crippen MR) is 130 cm³/mol. The van der Waals surface area contributed by atoms with Gasteiger partial charge in [-0.2, -0.15) is 0 Å². The number of thiocarbonyl (C=S) groups is 1. The van der Waals surface area contributed by atoms with E-state index in [4.69, 9.17) is 17.4 Å². The van der Waals surface area contributed by atoms with Gasteiger partial charge in [0.05, 0.1) is 4.90 Å². The first kappa shape index (κ1) is 24.0. The Balaban J connectivity index is 1.68. The lowest BCUT2D eigenvalue weighted by Gasteiger charge is -2.17. The molecule has 0 bridgehead atoms. The Labute approximate surface area is 194 Å². The summed E-state index contributed by atoms with van der Waals surface area (Å²) in [4.78, 5) is 13.5. The Kier molecular flexibility index (Phi) is 8.10. The largest absolute Gasteiger partial charge is 0.360 e. The van der Waals surface area contributed by atoms with Gasteiger partial charge < -0.3 is 10.6 Å². The fraction of sp³-hybridized carbons (Fsp3) is 0.429. The third kappa shape index (κ3) is 7.50. The summed E-state index contributed by atoms with van der Waals surface area (Å²) in [6, 6.07) is 8.73. The Hall–Kier alpha value is -2.63. The van der Waals surface area contributed by atoms with Gasteiger partial charge in [0.2, 0.25) is 21.9 Å². The van der Waals surface area contributed by atoms with Crippen LogP contribution in [0.2, 0.25) is 0 Å². The van der Waals surface area contributed by atoms with Crippen LogP contribution in [-0.4, -0.2) is 42.0 Å². The highest BCUT2D eigenvalue weighted by molar-refractivity contribution is 7.89. The molecule has 0 amide bonds. The van der Waals surface area contributed by atoms with Gasteiger partial charge in [-0.3, -0.25) is 10.3 Å². The number of nitrogens with zero attached hydrogens (tertiary/aromatic N) is 3. The zero-order valence-electron chi connectivity index (χ0n) is 18.3. The molecular weight excluding hydrogens is 446 g/mol. The summed E-state index contributed by atoms with van der Waals surface area (Å²) in [7, 11) is -3.70. The highest BCUT2D eigenvalue weighted by atomic mass is 32.2. The Bertz CT molecular complexity index is 1060. The second-order valence-electron chi connectivity index (χ2n) is 7.85.